The summed E-state index contributed by atoms with van der Waals surface area (Å²) in [5.41, 5.74) is 4.91. The predicted molar refractivity (Wildman–Crippen MR) is 78.6 cm³/mol. The number of hydrogen-bond donors (Lipinski definition) is 2. The molecule has 0 saturated heterocycles. The summed E-state index contributed by atoms with van der Waals surface area (Å²) in [5.74, 6) is -3.88. The summed E-state index contributed by atoms with van der Waals surface area (Å²) in [5, 5.41) is 10.9. The van der Waals surface area contributed by atoms with E-state index in [1.165, 1.54) is 12.1 Å². The average Bonchev–Trinajstić information content (AvgIpc) is 2.50. The third kappa shape index (κ3) is 3.68. The maximum atomic E-state index is 13.7. The first-order valence-corrected chi connectivity index (χ1v) is 6.48. The van der Waals surface area contributed by atoms with E-state index in [9.17, 15) is 18.4 Å². The Bertz CT molecular complexity index is 829. The number of nitriles is 1. The molecule has 5 nitrogen and oxygen atoms in total. The Hall–Kier alpha value is -3.27. The number of benzene rings is 2. The van der Waals surface area contributed by atoms with Gasteiger partial charge in [0.15, 0.2) is 0 Å². The SMILES string of the molecule is N#CCc1cccc(C(=O)Nc2cc(C(N)=O)c(F)cc2F)c1. The van der Waals surface area contributed by atoms with Crippen LogP contribution >= 0.6 is 0 Å². The van der Waals surface area contributed by atoms with Crippen LogP contribution in [0.3, 0.4) is 0 Å². The number of carbonyl (C=O) groups excluding carboxylic acids is 2. The Labute approximate surface area is 130 Å². The van der Waals surface area contributed by atoms with Gasteiger partial charge in [-0.1, -0.05) is 12.1 Å². The number of hydrogen-bond acceptors (Lipinski definition) is 3. The zero-order valence-electron chi connectivity index (χ0n) is 11.8. The second-order valence-electron chi connectivity index (χ2n) is 4.67. The summed E-state index contributed by atoms with van der Waals surface area (Å²) in [6, 6.07) is 9.47. The van der Waals surface area contributed by atoms with Crippen molar-refractivity contribution in [3.8, 4) is 6.07 Å². The third-order valence-corrected chi connectivity index (χ3v) is 3.04. The highest BCUT2D eigenvalue weighted by molar-refractivity contribution is 6.05. The van der Waals surface area contributed by atoms with Crippen LogP contribution in [0.1, 0.15) is 26.3 Å². The first kappa shape index (κ1) is 16.1. The molecule has 0 aromatic heterocycles. The third-order valence-electron chi connectivity index (χ3n) is 3.04. The maximum Gasteiger partial charge on any atom is 0.255 e. The van der Waals surface area contributed by atoms with E-state index in [4.69, 9.17) is 11.0 Å². The van der Waals surface area contributed by atoms with E-state index >= 15 is 0 Å². The van der Waals surface area contributed by atoms with Gasteiger partial charge in [-0.05, 0) is 23.8 Å². The molecule has 2 aromatic carbocycles. The Morgan fingerprint density at radius 3 is 2.57 bits per heavy atom. The van der Waals surface area contributed by atoms with Crippen molar-refractivity contribution in [3.05, 3.63) is 64.7 Å². The van der Waals surface area contributed by atoms with Crippen LogP contribution in [0.5, 0.6) is 0 Å². The van der Waals surface area contributed by atoms with E-state index in [-0.39, 0.29) is 17.7 Å². The second-order valence-corrected chi connectivity index (χ2v) is 4.67. The fourth-order valence-electron chi connectivity index (χ4n) is 1.94. The van der Waals surface area contributed by atoms with Gasteiger partial charge in [-0.2, -0.15) is 5.26 Å². The van der Waals surface area contributed by atoms with Crippen molar-refractivity contribution < 1.29 is 18.4 Å². The summed E-state index contributed by atoms with van der Waals surface area (Å²) >= 11 is 0. The molecule has 2 amide bonds. The quantitative estimate of drug-likeness (QED) is 0.906. The largest absolute Gasteiger partial charge is 0.366 e. The van der Waals surface area contributed by atoms with Crippen LogP contribution in [-0.2, 0) is 6.42 Å². The number of rotatable bonds is 4. The summed E-state index contributed by atoms with van der Waals surface area (Å²) in [6.45, 7) is 0. The van der Waals surface area contributed by atoms with Gasteiger partial charge >= 0.3 is 0 Å². The van der Waals surface area contributed by atoms with Gasteiger partial charge in [0.1, 0.15) is 11.6 Å². The van der Waals surface area contributed by atoms with Crippen LogP contribution in [0.4, 0.5) is 14.5 Å². The highest BCUT2D eigenvalue weighted by Gasteiger charge is 2.16. The summed E-state index contributed by atoms with van der Waals surface area (Å²) in [6.07, 6.45) is 0.123. The van der Waals surface area contributed by atoms with Crippen LogP contribution in [0.25, 0.3) is 0 Å². The molecule has 0 unspecified atom stereocenters. The fourth-order valence-corrected chi connectivity index (χ4v) is 1.94. The van der Waals surface area contributed by atoms with Crippen molar-refractivity contribution in [3.63, 3.8) is 0 Å². The lowest BCUT2D eigenvalue weighted by Crippen LogP contribution is -2.17. The molecular weight excluding hydrogens is 304 g/mol. The topological polar surface area (TPSA) is 96.0 Å². The lowest BCUT2D eigenvalue weighted by atomic mass is 10.1. The standard InChI is InChI=1S/C16H11F2N3O2/c17-12-8-13(18)14(7-11(12)15(20)22)21-16(23)10-3-1-2-9(6-10)4-5-19/h1-3,6-8H,4H2,(H2,20,22)(H,21,23). The minimum Gasteiger partial charge on any atom is -0.366 e. The minimum absolute atomic E-state index is 0.123. The molecule has 0 aliphatic rings. The smallest absolute Gasteiger partial charge is 0.255 e. The van der Waals surface area contributed by atoms with E-state index < -0.39 is 29.0 Å². The van der Waals surface area contributed by atoms with Gasteiger partial charge < -0.3 is 11.1 Å². The van der Waals surface area contributed by atoms with Gasteiger partial charge in [0.25, 0.3) is 11.8 Å². The summed E-state index contributed by atoms with van der Waals surface area (Å²) in [7, 11) is 0. The van der Waals surface area contributed by atoms with E-state index in [1.54, 1.807) is 12.1 Å². The van der Waals surface area contributed by atoms with Crippen molar-refractivity contribution in [2.75, 3.05) is 5.32 Å². The first-order valence-electron chi connectivity index (χ1n) is 6.48. The highest BCUT2D eigenvalue weighted by atomic mass is 19.1. The first-order chi connectivity index (χ1) is 10.9. The molecule has 2 aromatic rings. The molecule has 0 aliphatic heterocycles. The Kier molecular flexibility index (Phi) is 4.66. The van der Waals surface area contributed by atoms with Crippen molar-refractivity contribution in [1.29, 1.82) is 5.26 Å². The zero-order valence-corrected chi connectivity index (χ0v) is 11.8. The van der Waals surface area contributed by atoms with E-state index in [2.05, 4.69) is 5.32 Å². The molecule has 3 N–H and O–H groups in total. The van der Waals surface area contributed by atoms with Crippen molar-refractivity contribution in [1.82, 2.24) is 0 Å². The molecule has 0 bridgehead atoms. The number of anilines is 1. The molecule has 0 fully saturated rings. The molecule has 2 rings (SSSR count). The monoisotopic (exact) mass is 315 g/mol. The molecule has 0 radical (unpaired) electrons. The van der Waals surface area contributed by atoms with Crippen molar-refractivity contribution in [2.45, 2.75) is 6.42 Å². The van der Waals surface area contributed by atoms with Crippen LogP contribution in [0.2, 0.25) is 0 Å². The normalized spacial score (nSPS) is 9.96. The van der Waals surface area contributed by atoms with E-state index in [0.717, 1.165) is 6.07 Å². The Morgan fingerprint density at radius 1 is 1.17 bits per heavy atom. The van der Waals surface area contributed by atoms with Gasteiger partial charge in [-0.3, -0.25) is 9.59 Å². The number of carbonyl (C=O) groups is 2. The number of primary amides is 1. The van der Waals surface area contributed by atoms with Crippen molar-refractivity contribution in [2.24, 2.45) is 5.73 Å². The summed E-state index contributed by atoms with van der Waals surface area (Å²) in [4.78, 5) is 23.2. The fraction of sp³-hybridized carbons (Fsp3) is 0.0625. The number of halogens is 2. The molecule has 0 aliphatic carbocycles. The molecule has 0 saturated carbocycles. The molecule has 23 heavy (non-hydrogen) atoms. The van der Waals surface area contributed by atoms with Gasteiger partial charge in [0.2, 0.25) is 0 Å². The minimum atomic E-state index is -1.11. The number of nitrogens with zero attached hydrogens (tertiary/aromatic N) is 1. The van der Waals surface area contributed by atoms with Crippen molar-refractivity contribution >= 4 is 17.5 Å². The molecule has 7 heteroatoms. The van der Waals surface area contributed by atoms with E-state index in [1.807, 2.05) is 6.07 Å². The van der Waals surface area contributed by atoms with Gasteiger partial charge in [-0.25, -0.2) is 8.78 Å². The molecule has 0 atom stereocenters. The predicted octanol–water partition coefficient (Wildman–Crippen LogP) is 2.38. The molecule has 0 heterocycles. The number of amides is 2. The summed E-state index contributed by atoms with van der Waals surface area (Å²) < 4.78 is 27.1. The van der Waals surface area contributed by atoms with Gasteiger partial charge in [0.05, 0.1) is 23.7 Å². The van der Waals surface area contributed by atoms with Gasteiger partial charge in [-0.15, -0.1) is 0 Å². The van der Waals surface area contributed by atoms with Crippen LogP contribution in [-0.4, -0.2) is 11.8 Å². The van der Waals surface area contributed by atoms with Crippen LogP contribution in [0, 0.1) is 23.0 Å². The zero-order chi connectivity index (χ0) is 17.0. The lowest BCUT2D eigenvalue weighted by molar-refractivity contribution is 0.0992. The molecular formula is C16H11F2N3O2. The molecule has 0 spiro atoms. The average molecular weight is 315 g/mol. The number of nitrogens with one attached hydrogen (secondary N) is 1. The second kappa shape index (κ2) is 6.66. The Morgan fingerprint density at radius 2 is 1.91 bits per heavy atom. The Balaban J connectivity index is 2.30. The molecule has 116 valence electrons. The van der Waals surface area contributed by atoms with Crippen LogP contribution in [0.15, 0.2) is 36.4 Å². The van der Waals surface area contributed by atoms with Crippen LogP contribution < -0.4 is 11.1 Å². The highest BCUT2D eigenvalue weighted by Crippen LogP contribution is 2.20. The lowest BCUT2D eigenvalue weighted by Gasteiger charge is -2.09. The van der Waals surface area contributed by atoms with E-state index in [0.29, 0.717) is 11.6 Å². The maximum absolute atomic E-state index is 13.7. The van der Waals surface area contributed by atoms with Gasteiger partial charge in [0, 0.05) is 11.6 Å². The number of nitrogens with two attached hydrogens (primary N) is 1.